The highest BCUT2D eigenvalue weighted by atomic mass is 16.5. The number of hydrogen-bond acceptors (Lipinski definition) is 2. The van der Waals surface area contributed by atoms with Gasteiger partial charge in [-0.15, -0.1) is 0 Å². The molecule has 1 rings (SSSR count). The highest BCUT2D eigenvalue weighted by Crippen LogP contribution is 2.21. The van der Waals surface area contributed by atoms with Gasteiger partial charge in [-0.25, -0.2) is 0 Å². The molecule has 1 atom stereocenters. The Balaban J connectivity index is 2.57. The van der Waals surface area contributed by atoms with Crippen LogP contribution in [0, 0.1) is 6.92 Å². The second kappa shape index (κ2) is 5.76. The largest absolute Gasteiger partial charge is 0.399 e. The van der Waals surface area contributed by atoms with E-state index >= 15 is 0 Å². The number of aryl methyl sites for hydroxylation is 1. The quantitative estimate of drug-likeness (QED) is 0.593. The van der Waals surface area contributed by atoms with E-state index in [-0.39, 0.29) is 6.10 Å². The predicted octanol–water partition coefficient (Wildman–Crippen LogP) is 3.45. The summed E-state index contributed by atoms with van der Waals surface area (Å²) >= 11 is 0. The van der Waals surface area contributed by atoms with E-state index < -0.39 is 0 Å². The van der Waals surface area contributed by atoms with Crippen molar-refractivity contribution in [1.29, 1.82) is 0 Å². The lowest BCUT2D eigenvalue weighted by Crippen LogP contribution is -2.02. The predicted molar refractivity (Wildman–Crippen MR) is 64.9 cm³/mol. The average molecular weight is 207 g/mol. The van der Waals surface area contributed by atoms with E-state index in [9.17, 15) is 0 Å². The lowest BCUT2D eigenvalue weighted by Gasteiger charge is -2.14. The molecule has 84 valence electrons. The Hall–Kier alpha value is -1.02. The van der Waals surface area contributed by atoms with Gasteiger partial charge in [-0.1, -0.05) is 25.5 Å². The highest BCUT2D eigenvalue weighted by Gasteiger charge is 2.06. The minimum Gasteiger partial charge on any atom is -0.399 e. The Morgan fingerprint density at radius 1 is 1.40 bits per heavy atom. The number of anilines is 1. The molecule has 0 aliphatic heterocycles. The summed E-state index contributed by atoms with van der Waals surface area (Å²) in [6, 6.07) is 6.14. The Morgan fingerprint density at radius 3 is 2.73 bits per heavy atom. The maximum Gasteiger partial charge on any atom is 0.0797 e. The van der Waals surface area contributed by atoms with E-state index in [4.69, 9.17) is 10.5 Å². The second-order valence-corrected chi connectivity index (χ2v) is 3.98. The Morgan fingerprint density at radius 2 is 2.13 bits per heavy atom. The van der Waals surface area contributed by atoms with Crippen LogP contribution in [0.15, 0.2) is 18.2 Å². The molecule has 0 aromatic heterocycles. The first-order valence-corrected chi connectivity index (χ1v) is 5.62. The van der Waals surface area contributed by atoms with Crippen molar-refractivity contribution >= 4 is 5.69 Å². The molecule has 0 unspecified atom stereocenters. The third-order valence-corrected chi connectivity index (χ3v) is 2.64. The van der Waals surface area contributed by atoms with Crippen LogP contribution in [-0.4, -0.2) is 6.61 Å². The van der Waals surface area contributed by atoms with Gasteiger partial charge < -0.3 is 10.5 Å². The maximum absolute atomic E-state index is 5.86. The van der Waals surface area contributed by atoms with Crippen molar-refractivity contribution in [3.8, 4) is 0 Å². The Kier molecular flexibility index (Phi) is 4.63. The molecule has 0 amide bonds. The number of nitrogen functional groups attached to an aromatic ring is 1. The van der Waals surface area contributed by atoms with Crippen molar-refractivity contribution in [2.75, 3.05) is 12.3 Å². The fourth-order valence-electron chi connectivity index (χ4n) is 1.41. The fraction of sp³-hybridized carbons (Fsp3) is 0.538. The lowest BCUT2D eigenvalue weighted by atomic mass is 10.1. The van der Waals surface area contributed by atoms with Crippen LogP contribution in [0.4, 0.5) is 5.69 Å². The first kappa shape index (κ1) is 12.1. The van der Waals surface area contributed by atoms with E-state index in [1.807, 2.05) is 19.1 Å². The number of rotatable bonds is 5. The summed E-state index contributed by atoms with van der Waals surface area (Å²) in [5, 5.41) is 0. The second-order valence-electron chi connectivity index (χ2n) is 3.98. The van der Waals surface area contributed by atoms with Crippen LogP contribution < -0.4 is 5.73 Å². The topological polar surface area (TPSA) is 35.2 Å². The summed E-state index contributed by atoms with van der Waals surface area (Å²) in [5.74, 6) is 0. The summed E-state index contributed by atoms with van der Waals surface area (Å²) < 4.78 is 5.71. The van der Waals surface area contributed by atoms with Crippen molar-refractivity contribution < 1.29 is 4.74 Å². The zero-order chi connectivity index (χ0) is 11.3. The smallest absolute Gasteiger partial charge is 0.0797 e. The van der Waals surface area contributed by atoms with Gasteiger partial charge in [0.2, 0.25) is 0 Å². The summed E-state index contributed by atoms with van der Waals surface area (Å²) in [6.45, 7) is 7.07. The normalized spacial score (nSPS) is 12.7. The van der Waals surface area contributed by atoms with Crippen molar-refractivity contribution in [1.82, 2.24) is 0 Å². The molecular weight excluding hydrogens is 186 g/mol. The molecule has 2 heteroatoms. The van der Waals surface area contributed by atoms with Crippen LogP contribution in [0.3, 0.4) is 0 Å². The molecule has 0 saturated carbocycles. The molecule has 0 spiro atoms. The van der Waals surface area contributed by atoms with E-state index in [2.05, 4.69) is 19.9 Å². The molecule has 15 heavy (non-hydrogen) atoms. The van der Waals surface area contributed by atoms with Crippen LogP contribution in [0.2, 0.25) is 0 Å². The minimum atomic E-state index is 0.138. The summed E-state index contributed by atoms with van der Waals surface area (Å²) in [4.78, 5) is 0. The van der Waals surface area contributed by atoms with Gasteiger partial charge in [-0.3, -0.25) is 0 Å². The van der Waals surface area contributed by atoms with Crippen LogP contribution in [0.1, 0.15) is 43.9 Å². The van der Waals surface area contributed by atoms with Gasteiger partial charge in [0.25, 0.3) is 0 Å². The lowest BCUT2D eigenvalue weighted by molar-refractivity contribution is 0.0637. The van der Waals surface area contributed by atoms with Gasteiger partial charge in [-0.2, -0.15) is 0 Å². The summed E-state index contributed by atoms with van der Waals surface area (Å²) in [6.07, 6.45) is 2.42. The standard InChI is InChI=1S/C13H21NO/c1-4-5-8-15-11(3)12-7-6-10(2)13(14)9-12/h6-7,9,11H,4-5,8,14H2,1-3H3/t11-/m1/s1. The number of unbranched alkanes of at least 4 members (excludes halogenated alkanes) is 1. The molecule has 0 bridgehead atoms. The van der Waals surface area contributed by atoms with Gasteiger partial charge >= 0.3 is 0 Å². The molecule has 2 N–H and O–H groups in total. The van der Waals surface area contributed by atoms with Gasteiger partial charge in [0.1, 0.15) is 0 Å². The van der Waals surface area contributed by atoms with Gasteiger partial charge in [-0.05, 0) is 37.5 Å². The first-order valence-electron chi connectivity index (χ1n) is 5.62. The number of hydrogen-bond donors (Lipinski definition) is 1. The number of benzene rings is 1. The molecule has 0 radical (unpaired) electrons. The van der Waals surface area contributed by atoms with Gasteiger partial charge in [0.15, 0.2) is 0 Å². The van der Waals surface area contributed by atoms with E-state index in [1.54, 1.807) is 0 Å². The molecule has 0 aliphatic rings. The van der Waals surface area contributed by atoms with E-state index in [0.29, 0.717) is 0 Å². The van der Waals surface area contributed by atoms with E-state index in [1.165, 1.54) is 6.42 Å². The number of nitrogens with two attached hydrogens (primary N) is 1. The minimum absolute atomic E-state index is 0.138. The molecule has 1 aromatic carbocycles. The molecule has 0 aliphatic carbocycles. The molecule has 2 nitrogen and oxygen atoms in total. The first-order chi connectivity index (χ1) is 7.15. The van der Waals surface area contributed by atoms with Gasteiger partial charge in [0, 0.05) is 12.3 Å². The fourth-order valence-corrected chi connectivity index (χ4v) is 1.41. The average Bonchev–Trinajstić information content (AvgIpc) is 2.22. The molecule has 0 fully saturated rings. The highest BCUT2D eigenvalue weighted by molar-refractivity contribution is 5.48. The van der Waals surface area contributed by atoms with Crippen LogP contribution in [0.5, 0.6) is 0 Å². The SMILES string of the molecule is CCCCO[C@H](C)c1ccc(C)c(N)c1. The van der Waals surface area contributed by atoms with Gasteiger partial charge in [0.05, 0.1) is 6.10 Å². The Bertz CT molecular complexity index is 309. The third-order valence-electron chi connectivity index (χ3n) is 2.64. The third kappa shape index (κ3) is 3.56. The summed E-state index contributed by atoms with van der Waals surface area (Å²) in [5.41, 5.74) is 8.99. The summed E-state index contributed by atoms with van der Waals surface area (Å²) in [7, 11) is 0. The van der Waals surface area contributed by atoms with Crippen molar-refractivity contribution in [2.24, 2.45) is 0 Å². The monoisotopic (exact) mass is 207 g/mol. The molecule has 0 saturated heterocycles. The number of ether oxygens (including phenoxy) is 1. The molecule has 0 heterocycles. The molecule has 1 aromatic rings. The zero-order valence-corrected chi connectivity index (χ0v) is 9.92. The van der Waals surface area contributed by atoms with Crippen LogP contribution in [0.25, 0.3) is 0 Å². The van der Waals surface area contributed by atoms with E-state index in [0.717, 1.165) is 29.8 Å². The van der Waals surface area contributed by atoms with Crippen LogP contribution >= 0.6 is 0 Å². The van der Waals surface area contributed by atoms with Crippen molar-refractivity contribution in [3.63, 3.8) is 0 Å². The Labute approximate surface area is 92.4 Å². The maximum atomic E-state index is 5.86. The van der Waals surface area contributed by atoms with Crippen LogP contribution in [-0.2, 0) is 4.74 Å². The van der Waals surface area contributed by atoms with Crippen molar-refractivity contribution in [2.45, 2.75) is 39.7 Å². The molecular formula is C13H21NO. The van der Waals surface area contributed by atoms with Crippen molar-refractivity contribution in [3.05, 3.63) is 29.3 Å². The zero-order valence-electron chi connectivity index (χ0n) is 9.92.